The van der Waals surface area contributed by atoms with Gasteiger partial charge in [-0.25, -0.2) is 0 Å². The van der Waals surface area contributed by atoms with Gasteiger partial charge in [0.1, 0.15) is 0 Å². The molecule has 0 aliphatic carbocycles. The van der Waals surface area contributed by atoms with Crippen molar-refractivity contribution < 1.29 is 23.7 Å². The SMILES string of the molecule is COc1cccc(/C=C2\C(=O)/C(=C/c3cccc(OC)c3OC)C3CCC2N3C)c1OC. The van der Waals surface area contributed by atoms with E-state index in [-0.39, 0.29) is 17.9 Å². The summed E-state index contributed by atoms with van der Waals surface area (Å²) in [5, 5.41) is 0. The lowest BCUT2D eigenvalue weighted by molar-refractivity contribution is -0.114. The van der Waals surface area contributed by atoms with Gasteiger partial charge in [-0.2, -0.15) is 0 Å². The predicted molar refractivity (Wildman–Crippen MR) is 125 cm³/mol. The summed E-state index contributed by atoms with van der Waals surface area (Å²) in [6.07, 6.45) is 5.75. The van der Waals surface area contributed by atoms with Crippen molar-refractivity contribution in [3.63, 3.8) is 0 Å². The number of hydrogen-bond acceptors (Lipinski definition) is 6. The number of methoxy groups -OCH3 is 4. The van der Waals surface area contributed by atoms with Crippen molar-refractivity contribution in [2.75, 3.05) is 35.5 Å². The lowest BCUT2D eigenvalue weighted by Gasteiger charge is -2.34. The zero-order valence-electron chi connectivity index (χ0n) is 19.2. The van der Waals surface area contributed by atoms with Gasteiger partial charge in [0, 0.05) is 34.4 Å². The molecule has 2 aliphatic heterocycles. The van der Waals surface area contributed by atoms with E-state index in [4.69, 9.17) is 18.9 Å². The van der Waals surface area contributed by atoms with Crippen molar-refractivity contribution in [3.8, 4) is 23.0 Å². The van der Waals surface area contributed by atoms with Crippen LogP contribution < -0.4 is 18.9 Å². The van der Waals surface area contributed by atoms with Gasteiger partial charge in [0.15, 0.2) is 28.8 Å². The smallest absolute Gasteiger partial charge is 0.188 e. The third kappa shape index (κ3) is 3.65. The summed E-state index contributed by atoms with van der Waals surface area (Å²) in [5.74, 6) is 2.58. The van der Waals surface area contributed by atoms with Crippen LogP contribution in [0.15, 0.2) is 47.5 Å². The zero-order chi connectivity index (χ0) is 22.8. The number of para-hydroxylation sites is 2. The number of nitrogens with zero attached hydrogens (tertiary/aromatic N) is 1. The van der Waals surface area contributed by atoms with Crippen LogP contribution in [0, 0.1) is 0 Å². The average Bonchev–Trinajstić information content (AvgIpc) is 3.13. The minimum atomic E-state index is 0.0605. The van der Waals surface area contributed by atoms with Gasteiger partial charge < -0.3 is 18.9 Å². The highest BCUT2D eigenvalue weighted by atomic mass is 16.5. The molecule has 2 atom stereocenters. The molecule has 0 spiro atoms. The Balaban J connectivity index is 1.83. The molecule has 0 amide bonds. The number of hydrogen-bond donors (Lipinski definition) is 0. The molecular weight excluding hydrogens is 406 g/mol. The first-order chi connectivity index (χ1) is 15.5. The molecule has 2 aliphatic rings. The minimum absolute atomic E-state index is 0.0605. The largest absolute Gasteiger partial charge is 0.493 e. The topological polar surface area (TPSA) is 57.2 Å². The van der Waals surface area contributed by atoms with Gasteiger partial charge in [-0.1, -0.05) is 24.3 Å². The number of rotatable bonds is 6. The molecule has 0 saturated carbocycles. The second-order valence-corrected chi connectivity index (χ2v) is 7.97. The third-order valence-electron chi connectivity index (χ3n) is 6.43. The number of ketones is 1. The highest BCUT2D eigenvalue weighted by Gasteiger charge is 2.44. The molecule has 4 rings (SSSR count). The molecule has 2 fully saturated rings. The first-order valence-electron chi connectivity index (χ1n) is 10.7. The quantitative estimate of drug-likeness (QED) is 0.633. The van der Waals surface area contributed by atoms with Crippen LogP contribution in [0.4, 0.5) is 0 Å². The van der Waals surface area contributed by atoms with E-state index in [1.165, 1.54) is 0 Å². The Morgan fingerprint density at radius 1 is 0.750 bits per heavy atom. The number of carbonyl (C=O) groups is 1. The van der Waals surface area contributed by atoms with E-state index >= 15 is 0 Å². The monoisotopic (exact) mass is 435 g/mol. The maximum absolute atomic E-state index is 13.7. The van der Waals surface area contributed by atoms with Crippen LogP contribution in [-0.2, 0) is 4.79 Å². The zero-order valence-corrected chi connectivity index (χ0v) is 19.2. The Morgan fingerprint density at radius 2 is 1.19 bits per heavy atom. The van der Waals surface area contributed by atoms with Gasteiger partial charge in [0.05, 0.1) is 28.4 Å². The van der Waals surface area contributed by atoms with Crippen LogP contribution in [0.3, 0.4) is 0 Å². The lowest BCUT2D eigenvalue weighted by Crippen LogP contribution is -2.43. The van der Waals surface area contributed by atoms with E-state index in [9.17, 15) is 4.79 Å². The van der Waals surface area contributed by atoms with E-state index in [1.807, 2.05) is 48.6 Å². The van der Waals surface area contributed by atoms with E-state index in [1.54, 1.807) is 28.4 Å². The Hall–Kier alpha value is -3.25. The number of piperidine rings is 1. The molecule has 168 valence electrons. The van der Waals surface area contributed by atoms with Crippen LogP contribution in [0.5, 0.6) is 23.0 Å². The van der Waals surface area contributed by atoms with Crippen molar-refractivity contribution in [2.45, 2.75) is 24.9 Å². The van der Waals surface area contributed by atoms with E-state index in [0.29, 0.717) is 23.0 Å². The Bertz CT molecular complexity index is 1000. The van der Waals surface area contributed by atoms with Gasteiger partial charge in [0.25, 0.3) is 0 Å². The number of likely N-dealkylation sites (N-methyl/N-ethyl adjacent to an activating group) is 1. The van der Waals surface area contributed by atoms with E-state index in [2.05, 4.69) is 11.9 Å². The molecule has 2 aromatic carbocycles. The van der Waals surface area contributed by atoms with E-state index < -0.39 is 0 Å². The molecule has 2 aromatic rings. The van der Waals surface area contributed by atoms with Gasteiger partial charge >= 0.3 is 0 Å². The molecule has 32 heavy (non-hydrogen) atoms. The maximum Gasteiger partial charge on any atom is 0.188 e. The minimum Gasteiger partial charge on any atom is -0.493 e. The molecule has 6 nitrogen and oxygen atoms in total. The van der Waals surface area contributed by atoms with Crippen molar-refractivity contribution in [3.05, 3.63) is 58.7 Å². The Labute approximate surface area is 189 Å². The van der Waals surface area contributed by atoms with Gasteiger partial charge in [-0.15, -0.1) is 0 Å². The highest BCUT2D eigenvalue weighted by molar-refractivity contribution is 6.16. The summed E-state index contributed by atoms with van der Waals surface area (Å²) >= 11 is 0. The molecule has 2 heterocycles. The first-order valence-corrected chi connectivity index (χ1v) is 10.7. The molecule has 2 saturated heterocycles. The highest BCUT2D eigenvalue weighted by Crippen LogP contribution is 2.43. The van der Waals surface area contributed by atoms with Crippen LogP contribution in [0.2, 0.25) is 0 Å². The average molecular weight is 436 g/mol. The summed E-state index contributed by atoms with van der Waals surface area (Å²) < 4.78 is 22.1. The summed E-state index contributed by atoms with van der Waals surface area (Å²) in [5.41, 5.74) is 3.18. The lowest BCUT2D eigenvalue weighted by atomic mass is 9.88. The molecule has 6 heteroatoms. The van der Waals surface area contributed by atoms with Crippen LogP contribution in [0.1, 0.15) is 24.0 Å². The number of carbonyl (C=O) groups excluding carboxylic acids is 1. The molecule has 0 N–H and O–H groups in total. The summed E-state index contributed by atoms with van der Waals surface area (Å²) in [6, 6.07) is 11.5. The van der Waals surface area contributed by atoms with Gasteiger partial charge in [-0.05, 0) is 44.2 Å². The fraction of sp³-hybridized carbons (Fsp3) is 0.346. The second-order valence-electron chi connectivity index (χ2n) is 7.97. The first kappa shape index (κ1) is 22.0. The number of benzene rings is 2. The Kier molecular flexibility index (Phi) is 6.24. The normalized spacial score (nSPS) is 23.0. The van der Waals surface area contributed by atoms with Crippen molar-refractivity contribution in [1.29, 1.82) is 0 Å². The van der Waals surface area contributed by atoms with Crippen molar-refractivity contribution >= 4 is 17.9 Å². The Morgan fingerprint density at radius 3 is 1.56 bits per heavy atom. The second kappa shape index (κ2) is 9.09. The van der Waals surface area contributed by atoms with E-state index in [0.717, 1.165) is 35.1 Å². The molecule has 2 unspecified atom stereocenters. The fourth-order valence-corrected chi connectivity index (χ4v) is 4.87. The van der Waals surface area contributed by atoms with Crippen LogP contribution >= 0.6 is 0 Å². The molecule has 2 bridgehead atoms. The third-order valence-corrected chi connectivity index (χ3v) is 6.43. The predicted octanol–water partition coefficient (Wildman–Crippen LogP) is 4.23. The van der Waals surface area contributed by atoms with Crippen molar-refractivity contribution in [1.82, 2.24) is 4.90 Å². The molecule has 0 aromatic heterocycles. The fourth-order valence-electron chi connectivity index (χ4n) is 4.87. The number of fused-ring (bicyclic) bond motifs is 2. The number of ether oxygens (including phenoxy) is 4. The standard InChI is InChI=1S/C26H29NO5/c1-27-20-12-13-21(27)19(15-17-9-7-11-23(30-3)26(17)32-5)24(28)18(20)14-16-8-6-10-22(29-2)25(16)31-4/h6-11,14-15,20-21H,12-13H2,1-5H3/b18-14-,19-15+. The summed E-state index contributed by atoms with van der Waals surface area (Å²) in [4.78, 5) is 16.0. The van der Waals surface area contributed by atoms with Crippen molar-refractivity contribution in [2.24, 2.45) is 0 Å². The number of Topliss-reactive ketones (excluding diaryl/α,β-unsaturated/α-hetero) is 1. The van der Waals surface area contributed by atoms with Crippen LogP contribution in [-0.4, -0.2) is 58.3 Å². The maximum atomic E-state index is 13.7. The molecule has 0 radical (unpaired) electrons. The summed E-state index contributed by atoms with van der Waals surface area (Å²) in [6.45, 7) is 0. The van der Waals surface area contributed by atoms with Crippen LogP contribution in [0.25, 0.3) is 12.2 Å². The summed E-state index contributed by atoms with van der Waals surface area (Å²) in [7, 11) is 8.53. The van der Waals surface area contributed by atoms with Gasteiger partial charge in [0.2, 0.25) is 0 Å². The molecular formula is C26H29NO5. The van der Waals surface area contributed by atoms with Gasteiger partial charge in [-0.3, -0.25) is 9.69 Å².